The Morgan fingerprint density at radius 3 is 2.22 bits per heavy atom. The topological polar surface area (TPSA) is 75.4 Å². The Morgan fingerprint density at radius 2 is 1.78 bits per heavy atom. The molecule has 0 aromatic rings. The van der Waals surface area contributed by atoms with Crippen molar-refractivity contribution in [3.8, 4) is 0 Å². The highest BCUT2D eigenvalue weighted by molar-refractivity contribution is 5.82. The first-order valence-corrected chi connectivity index (χ1v) is 6.78. The van der Waals surface area contributed by atoms with Crippen molar-refractivity contribution in [3.05, 3.63) is 0 Å². The van der Waals surface area contributed by atoms with Crippen LogP contribution in [0.5, 0.6) is 0 Å². The van der Waals surface area contributed by atoms with Crippen molar-refractivity contribution in [1.82, 2.24) is 10.2 Å². The summed E-state index contributed by atoms with van der Waals surface area (Å²) in [6.07, 6.45) is 1.20. The number of nitrogens with two attached hydrogens (primary N) is 1. The summed E-state index contributed by atoms with van der Waals surface area (Å²) in [5.74, 6) is 0.0533. The molecule has 0 aromatic carbocycles. The number of nitrogens with zero attached hydrogens (tertiary/aromatic N) is 1. The standard InChI is InChI=1S/C13H27N3O2/c1-5-10(4)12(14)13(18)15-9-8-11(17)16(6-2)7-3/h10,12H,5-9,14H2,1-4H3,(H,15,18). The molecule has 2 atom stereocenters. The number of carbonyl (C=O) groups is 2. The fourth-order valence-corrected chi connectivity index (χ4v) is 1.66. The molecule has 0 aliphatic heterocycles. The summed E-state index contributed by atoms with van der Waals surface area (Å²) in [6.45, 7) is 9.61. The lowest BCUT2D eigenvalue weighted by molar-refractivity contribution is -0.130. The Hall–Kier alpha value is -1.10. The van der Waals surface area contributed by atoms with Crippen LogP contribution < -0.4 is 11.1 Å². The van der Waals surface area contributed by atoms with Crippen molar-refractivity contribution in [2.45, 2.75) is 46.6 Å². The average Bonchev–Trinajstić information content (AvgIpc) is 2.38. The lowest BCUT2D eigenvalue weighted by Gasteiger charge is -2.20. The zero-order chi connectivity index (χ0) is 14.1. The summed E-state index contributed by atoms with van der Waals surface area (Å²) >= 11 is 0. The van der Waals surface area contributed by atoms with Crippen molar-refractivity contribution < 1.29 is 9.59 Å². The molecule has 5 heteroatoms. The molecule has 0 aliphatic carbocycles. The number of amides is 2. The Bertz CT molecular complexity index is 265. The van der Waals surface area contributed by atoms with Crippen LogP contribution in [0.2, 0.25) is 0 Å². The Morgan fingerprint density at radius 1 is 1.22 bits per heavy atom. The molecular formula is C13H27N3O2. The summed E-state index contributed by atoms with van der Waals surface area (Å²) in [7, 11) is 0. The zero-order valence-electron chi connectivity index (χ0n) is 12.0. The molecule has 0 fully saturated rings. The van der Waals surface area contributed by atoms with Gasteiger partial charge in [-0.2, -0.15) is 0 Å². The second-order valence-corrected chi connectivity index (χ2v) is 4.52. The number of carbonyl (C=O) groups excluding carboxylic acids is 2. The summed E-state index contributed by atoms with van der Waals surface area (Å²) in [5.41, 5.74) is 5.79. The van der Waals surface area contributed by atoms with Crippen LogP contribution in [0, 0.1) is 5.92 Å². The molecule has 0 aromatic heterocycles. The van der Waals surface area contributed by atoms with Gasteiger partial charge in [0, 0.05) is 26.1 Å². The van der Waals surface area contributed by atoms with E-state index in [2.05, 4.69) is 5.32 Å². The monoisotopic (exact) mass is 257 g/mol. The molecule has 0 bridgehead atoms. The first-order chi connectivity index (χ1) is 8.47. The lowest BCUT2D eigenvalue weighted by atomic mass is 9.99. The van der Waals surface area contributed by atoms with E-state index in [1.807, 2.05) is 27.7 Å². The van der Waals surface area contributed by atoms with Crippen LogP contribution in [0.25, 0.3) is 0 Å². The van der Waals surface area contributed by atoms with E-state index in [-0.39, 0.29) is 17.7 Å². The number of hydrogen-bond acceptors (Lipinski definition) is 3. The Balaban J connectivity index is 3.97. The first-order valence-electron chi connectivity index (χ1n) is 6.78. The van der Waals surface area contributed by atoms with Crippen molar-refractivity contribution in [2.24, 2.45) is 11.7 Å². The number of nitrogens with one attached hydrogen (secondary N) is 1. The van der Waals surface area contributed by atoms with Crippen molar-refractivity contribution in [3.63, 3.8) is 0 Å². The quantitative estimate of drug-likeness (QED) is 0.673. The summed E-state index contributed by atoms with van der Waals surface area (Å²) < 4.78 is 0. The van der Waals surface area contributed by atoms with Crippen LogP contribution in [0.15, 0.2) is 0 Å². The molecule has 0 rings (SSSR count). The number of rotatable bonds is 8. The molecular weight excluding hydrogens is 230 g/mol. The van der Waals surface area contributed by atoms with Gasteiger partial charge in [-0.1, -0.05) is 20.3 Å². The van der Waals surface area contributed by atoms with Gasteiger partial charge in [-0.25, -0.2) is 0 Å². The predicted molar refractivity (Wildman–Crippen MR) is 73.0 cm³/mol. The minimum atomic E-state index is -0.487. The van der Waals surface area contributed by atoms with E-state index in [1.165, 1.54) is 0 Å². The fraction of sp³-hybridized carbons (Fsp3) is 0.846. The molecule has 0 heterocycles. The Kier molecular flexibility index (Phi) is 8.37. The maximum atomic E-state index is 11.7. The number of hydrogen-bond donors (Lipinski definition) is 2. The van der Waals surface area contributed by atoms with Gasteiger partial charge in [0.2, 0.25) is 11.8 Å². The molecule has 5 nitrogen and oxygen atoms in total. The summed E-state index contributed by atoms with van der Waals surface area (Å²) in [6, 6.07) is -0.487. The normalized spacial score (nSPS) is 13.8. The molecule has 0 saturated carbocycles. The molecule has 0 radical (unpaired) electrons. The van der Waals surface area contributed by atoms with Gasteiger partial charge in [0.25, 0.3) is 0 Å². The maximum Gasteiger partial charge on any atom is 0.237 e. The van der Waals surface area contributed by atoms with E-state index in [0.29, 0.717) is 26.1 Å². The molecule has 0 aliphatic rings. The van der Waals surface area contributed by atoms with Crippen LogP contribution in [-0.2, 0) is 9.59 Å². The highest BCUT2D eigenvalue weighted by Gasteiger charge is 2.19. The van der Waals surface area contributed by atoms with Gasteiger partial charge in [0.05, 0.1) is 6.04 Å². The molecule has 0 spiro atoms. The summed E-state index contributed by atoms with van der Waals surface area (Å²) in [4.78, 5) is 25.1. The second-order valence-electron chi connectivity index (χ2n) is 4.52. The van der Waals surface area contributed by atoms with Gasteiger partial charge in [0.1, 0.15) is 0 Å². The summed E-state index contributed by atoms with van der Waals surface area (Å²) in [5, 5.41) is 2.72. The van der Waals surface area contributed by atoms with Crippen molar-refractivity contribution >= 4 is 11.8 Å². The van der Waals surface area contributed by atoms with Gasteiger partial charge in [-0.3, -0.25) is 9.59 Å². The van der Waals surface area contributed by atoms with Gasteiger partial charge in [0.15, 0.2) is 0 Å². The van der Waals surface area contributed by atoms with Crippen LogP contribution in [0.4, 0.5) is 0 Å². The maximum absolute atomic E-state index is 11.7. The fourth-order valence-electron chi connectivity index (χ4n) is 1.66. The van der Waals surface area contributed by atoms with Gasteiger partial charge < -0.3 is 16.0 Å². The minimum Gasteiger partial charge on any atom is -0.354 e. The smallest absolute Gasteiger partial charge is 0.237 e. The third-order valence-electron chi connectivity index (χ3n) is 3.31. The molecule has 2 unspecified atom stereocenters. The predicted octanol–water partition coefficient (Wildman–Crippen LogP) is 0.735. The van der Waals surface area contributed by atoms with E-state index >= 15 is 0 Å². The SMILES string of the molecule is CCC(C)C(N)C(=O)NCCC(=O)N(CC)CC. The molecule has 3 N–H and O–H groups in total. The van der Waals surface area contributed by atoms with Gasteiger partial charge in [-0.05, 0) is 19.8 Å². The van der Waals surface area contributed by atoms with E-state index in [9.17, 15) is 9.59 Å². The largest absolute Gasteiger partial charge is 0.354 e. The van der Waals surface area contributed by atoms with E-state index in [4.69, 9.17) is 5.73 Å². The van der Waals surface area contributed by atoms with Gasteiger partial charge in [-0.15, -0.1) is 0 Å². The molecule has 2 amide bonds. The first kappa shape index (κ1) is 16.9. The van der Waals surface area contributed by atoms with Gasteiger partial charge >= 0.3 is 0 Å². The van der Waals surface area contributed by atoms with Crippen LogP contribution in [-0.4, -0.2) is 42.4 Å². The van der Waals surface area contributed by atoms with Crippen LogP contribution in [0.1, 0.15) is 40.5 Å². The third-order valence-corrected chi connectivity index (χ3v) is 3.31. The Labute approximate surface area is 110 Å². The van der Waals surface area contributed by atoms with Crippen molar-refractivity contribution in [1.29, 1.82) is 0 Å². The zero-order valence-corrected chi connectivity index (χ0v) is 12.0. The van der Waals surface area contributed by atoms with Crippen molar-refractivity contribution in [2.75, 3.05) is 19.6 Å². The third kappa shape index (κ3) is 5.49. The average molecular weight is 257 g/mol. The highest BCUT2D eigenvalue weighted by Crippen LogP contribution is 2.04. The molecule has 106 valence electrons. The van der Waals surface area contributed by atoms with E-state index in [0.717, 1.165) is 6.42 Å². The van der Waals surface area contributed by atoms with Crippen LogP contribution in [0.3, 0.4) is 0 Å². The molecule has 18 heavy (non-hydrogen) atoms. The van der Waals surface area contributed by atoms with Crippen LogP contribution >= 0.6 is 0 Å². The second kappa shape index (κ2) is 8.91. The van der Waals surface area contributed by atoms with E-state index in [1.54, 1.807) is 4.90 Å². The highest BCUT2D eigenvalue weighted by atomic mass is 16.2. The minimum absolute atomic E-state index is 0.0670. The molecule has 0 saturated heterocycles. The lowest BCUT2D eigenvalue weighted by Crippen LogP contribution is -2.45. The van der Waals surface area contributed by atoms with E-state index < -0.39 is 6.04 Å².